The summed E-state index contributed by atoms with van der Waals surface area (Å²) in [6.07, 6.45) is 6.48. The van der Waals surface area contributed by atoms with E-state index in [1.165, 1.54) is 6.26 Å². The Bertz CT molecular complexity index is 966. The van der Waals surface area contributed by atoms with Crippen LogP contribution in [0.1, 0.15) is 51.7 Å². The van der Waals surface area contributed by atoms with Gasteiger partial charge in [0.25, 0.3) is 0 Å². The highest BCUT2D eigenvalue weighted by Crippen LogP contribution is 2.33. The number of carbonyl (C=O) groups excluding carboxylic acids is 4. The van der Waals surface area contributed by atoms with Crippen LogP contribution >= 0.6 is 0 Å². The number of nitrogens with one attached hydrogen (secondary N) is 3. The number of nitrogens with zero attached hydrogens (tertiary/aromatic N) is 1. The highest BCUT2D eigenvalue weighted by molar-refractivity contribution is 5.98. The lowest BCUT2D eigenvalue weighted by atomic mass is 9.90. The minimum Gasteiger partial charge on any atom is -0.469 e. The first-order valence-electron chi connectivity index (χ1n) is 13.6. The number of carbonyl (C=O) groups is 4. The number of ketones is 1. The number of Topliss-reactive ketones (excluding diaryl/α,β-unsaturated/α-hetero) is 1. The van der Waals surface area contributed by atoms with E-state index in [9.17, 15) is 19.2 Å². The van der Waals surface area contributed by atoms with E-state index in [0.29, 0.717) is 51.0 Å². The van der Waals surface area contributed by atoms with Crippen LogP contribution in [-0.4, -0.2) is 91.6 Å². The summed E-state index contributed by atoms with van der Waals surface area (Å²) < 4.78 is 16.1. The number of ether oxygens (including phenoxy) is 2. The zero-order valence-electron chi connectivity index (χ0n) is 22.3. The second kappa shape index (κ2) is 12.9. The molecule has 0 bridgehead atoms. The summed E-state index contributed by atoms with van der Waals surface area (Å²) in [4.78, 5) is 54.1. The number of hydrogen-bond donors (Lipinski definition) is 3. The van der Waals surface area contributed by atoms with Gasteiger partial charge in [-0.2, -0.15) is 0 Å². The molecule has 1 saturated carbocycles. The predicted molar refractivity (Wildman–Crippen MR) is 137 cm³/mol. The van der Waals surface area contributed by atoms with Crippen LogP contribution in [0.4, 0.5) is 0 Å². The Morgan fingerprint density at radius 3 is 2.37 bits per heavy atom. The molecule has 3 amide bonds. The van der Waals surface area contributed by atoms with Crippen LogP contribution in [0.2, 0.25) is 0 Å². The average Bonchev–Trinajstić information content (AvgIpc) is 3.26. The summed E-state index contributed by atoms with van der Waals surface area (Å²) >= 11 is 0. The topological polar surface area (TPSA) is 143 Å². The lowest BCUT2D eigenvalue weighted by molar-refractivity contribution is -0.134. The van der Waals surface area contributed by atoms with Crippen molar-refractivity contribution in [1.29, 1.82) is 0 Å². The summed E-state index contributed by atoms with van der Waals surface area (Å²) in [5.74, 6) is -0.492. The molecular formula is C27H40N4O7. The van der Waals surface area contributed by atoms with E-state index in [0.717, 1.165) is 25.7 Å². The van der Waals surface area contributed by atoms with Gasteiger partial charge in [0.05, 0.1) is 38.7 Å². The zero-order chi connectivity index (χ0) is 27.1. The molecule has 4 rings (SSSR count). The molecule has 3 aliphatic rings. The van der Waals surface area contributed by atoms with Crippen molar-refractivity contribution in [2.45, 2.75) is 76.1 Å². The summed E-state index contributed by atoms with van der Waals surface area (Å²) in [5, 5.41) is 8.37. The summed E-state index contributed by atoms with van der Waals surface area (Å²) in [7, 11) is 0. The fraction of sp³-hybridized carbons (Fsp3) is 0.704. The van der Waals surface area contributed by atoms with Gasteiger partial charge in [-0.1, -0.05) is 25.7 Å². The van der Waals surface area contributed by atoms with Crippen molar-refractivity contribution in [2.75, 3.05) is 39.5 Å². The molecule has 3 N–H and O–H groups in total. The first-order valence-corrected chi connectivity index (χ1v) is 13.6. The number of epoxide rings is 1. The van der Waals surface area contributed by atoms with E-state index in [-0.39, 0.29) is 24.7 Å². The summed E-state index contributed by atoms with van der Waals surface area (Å²) in [5.41, 5.74) is -0.865. The highest BCUT2D eigenvalue weighted by atomic mass is 16.6. The molecule has 1 aromatic rings. The standard InChI is InChI=1S/C27H40N4O7/c1-18(28-23(32)16-31-9-12-36-13-10-31)25(34)30-22(15-20-8-5-11-37-20)26(35)29-21(14-19-6-3-4-7-19)24(33)27(2)17-38-27/h5,8,11,18-19,21-22H,3-4,6-7,9-10,12-17H2,1-2H3,(H,28,32)(H,29,35)(H,30,34)/t18-,21-,22-,27-/m0/s1. The zero-order valence-corrected chi connectivity index (χ0v) is 22.3. The summed E-state index contributed by atoms with van der Waals surface area (Å²) in [6.45, 7) is 6.29. The Balaban J connectivity index is 1.38. The van der Waals surface area contributed by atoms with Crippen molar-refractivity contribution in [1.82, 2.24) is 20.9 Å². The molecule has 3 fully saturated rings. The van der Waals surface area contributed by atoms with Crippen molar-refractivity contribution in [3.63, 3.8) is 0 Å². The van der Waals surface area contributed by atoms with Gasteiger partial charge in [0.15, 0.2) is 5.78 Å². The van der Waals surface area contributed by atoms with Crippen LogP contribution in [-0.2, 0) is 35.1 Å². The van der Waals surface area contributed by atoms with E-state index >= 15 is 0 Å². The predicted octanol–water partition coefficient (Wildman–Crippen LogP) is 0.567. The van der Waals surface area contributed by atoms with E-state index in [4.69, 9.17) is 13.9 Å². The minimum absolute atomic E-state index is 0.108. The SMILES string of the molecule is C[C@H](NC(=O)CN1CCOCC1)C(=O)N[C@@H](Cc1ccco1)C(=O)N[C@@H](CC1CCCC1)C(=O)[C@]1(C)CO1. The molecule has 0 radical (unpaired) electrons. The highest BCUT2D eigenvalue weighted by Gasteiger charge is 2.50. The summed E-state index contributed by atoms with van der Waals surface area (Å²) in [6, 6.07) is 0.891. The van der Waals surface area contributed by atoms with E-state index < -0.39 is 35.5 Å². The van der Waals surface area contributed by atoms with Gasteiger partial charge in [0, 0.05) is 19.5 Å². The smallest absolute Gasteiger partial charge is 0.243 e. The van der Waals surface area contributed by atoms with Gasteiger partial charge in [-0.25, -0.2) is 0 Å². The van der Waals surface area contributed by atoms with Gasteiger partial charge in [-0.05, 0) is 38.3 Å². The minimum atomic E-state index is -0.987. The molecule has 210 valence electrons. The van der Waals surface area contributed by atoms with Gasteiger partial charge in [0.1, 0.15) is 23.4 Å². The average molecular weight is 533 g/mol. The van der Waals surface area contributed by atoms with Gasteiger partial charge >= 0.3 is 0 Å². The molecule has 1 aromatic heterocycles. The molecule has 11 nitrogen and oxygen atoms in total. The Morgan fingerprint density at radius 2 is 1.74 bits per heavy atom. The van der Waals surface area contributed by atoms with Crippen LogP contribution in [0.15, 0.2) is 22.8 Å². The van der Waals surface area contributed by atoms with Gasteiger partial charge < -0.3 is 29.8 Å². The third-order valence-electron chi connectivity index (χ3n) is 7.64. The van der Waals surface area contributed by atoms with Crippen molar-refractivity contribution < 1.29 is 33.1 Å². The monoisotopic (exact) mass is 532 g/mol. The van der Waals surface area contributed by atoms with Crippen LogP contribution in [0.3, 0.4) is 0 Å². The normalized spacial score (nSPS) is 24.3. The van der Waals surface area contributed by atoms with Crippen molar-refractivity contribution in [3.8, 4) is 0 Å². The maximum atomic E-state index is 13.5. The molecule has 38 heavy (non-hydrogen) atoms. The fourth-order valence-corrected chi connectivity index (χ4v) is 5.15. The third-order valence-corrected chi connectivity index (χ3v) is 7.64. The first-order chi connectivity index (χ1) is 18.2. The second-order valence-corrected chi connectivity index (χ2v) is 10.9. The Hall–Kier alpha value is -2.76. The van der Waals surface area contributed by atoms with E-state index in [2.05, 4.69) is 16.0 Å². The van der Waals surface area contributed by atoms with Gasteiger partial charge in [0.2, 0.25) is 17.7 Å². The molecule has 3 heterocycles. The number of furan rings is 1. The van der Waals surface area contributed by atoms with E-state index in [1.807, 2.05) is 4.90 Å². The maximum absolute atomic E-state index is 13.5. The second-order valence-electron chi connectivity index (χ2n) is 10.9. The maximum Gasteiger partial charge on any atom is 0.243 e. The van der Waals surface area contributed by atoms with Crippen LogP contribution in [0.5, 0.6) is 0 Å². The Labute approximate surface area is 223 Å². The number of hydrogen-bond acceptors (Lipinski definition) is 8. The van der Waals surface area contributed by atoms with Gasteiger partial charge in [-0.15, -0.1) is 0 Å². The van der Waals surface area contributed by atoms with Crippen LogP contribution in [0, 0.1) is 5.92 Å². The number of rotatable bonds is 13. The fourth-order valence-electron chi connectivity index (χ4n) is 5.15. The van der Waals surface area contributed by atoms with E-state index in [1.54, 1.807) is 26.0 Å². The molecule has 0 spiro atoms. The molecule has 2 aliphatic heterocycles. The van der Waals surface area contributed by atoms with Crippen LogP contribution in [0.25, 0.3) is 0 Å². The van der Waals surface area contributed by atoms with Crippen LogP contribution < -0.4 is 16.0 Å². The number of amides is 3. The largest absolute Gasteiger partial charge is 0.469 e. The lowest BCUT2D eigenvalue weighted by Gasteiger charge is -2.27. The molecule has 4 atom stereocenters. The van der Waals surface area contributed by atoms with Crippen molar-refractivity contribution >= 4 is 23.5 Å². The molecule has 2 saturated heterocycles. The third kappa shape index (κ3) is 7.87. The Kier molecular flexibility index (Phi) is 9.56. The number of morpholine rings is 1. The van der Waals surface area contributed by atoms with Gasteiger partial charge in [-0.3, -0.25) is 24.1 Å². The molecule has 11 heteroatoms. The molecular weight excluding hydrogens is 492 g/mol. The lowest BCUT2D eigenvalue weighted by Crippen LogP contribution is -2.57. The molecule has 0 unspecified atom stereocenters. The molecule has 0 aromatic carbocycles. The van der Waals surface area contributed by atoms with Crippen molar-refractivity contribution in [2.24, 2.45) is 5.92 Å². The quantitative estimate of drug-likeness (QED) is 0.313. The first kappa shape index (κ1) is 28.3. The Morgan fingerprint density at radius 1 is 1.05 bits per heavy atom. The molecule has 1 aliphatic carbocycles. The van der Waals surface area contributed by atoms with Crippen molar-refractivity contribution in [3.05, 3.63) is 24.2 Å².